The number of benzene rings is 2. The fourth-order valence-corrected chi connectivity index (χ4v) is 4.64. The van der Waals surface area contributed by atoms with Crippen LogP contribution in [0.5, 0.6) is 0 Å². The van der Waals surface area contributed by atoms with E-state index < -0.39 is 5.97 Å². The van der Waals surface area contributed by atoms with Crippen molar-refractivity contribution in [3.05, 3.63) is 94.8 Å². The van der Waals surface area contributed by atoms with Gasteiger partial charge in [0.1, 0.15) is 0 Å². The summed E-state index contributed by atoms with van der Waals surface area (Å²) in [6.07, 6.45) is 5.29. The molecule has 0 atom stereocenters. The molecule has 2 aromatic carbocycles. The maximum Gasteiger partial charge on any atom is 0.358 e. The summed E-state index contributed by atoms with van der Waals surface area (Å²) in [5, 5.41) is 4.95. The van der Waals surface area contributed by atoms with E-state index in [-0.39, 0.29) is 18.2 Å². The molecule has 0 bridgehead atoms. The van der Waals surface area contributed by atoms with E-state index in [2.05, 4.69) is 10.1 Å². The second kappa shape index (κ2) is 11.6. The molecule has 7 nitrogen and oxygen atoms in total. The number of nitrogens with zero attached hydrogens (tertiary/aromatic N) is 4. The molecule has 0 aliphatic rings. The highest BCUT2D eigenvalue weighted by Crippen LogP contribution is 2.27. The first-order valence-electron chi connectivity index (χ1n) is 11.6. The smallest absolute Gasteiger partial charge is 0.358 e. The number of aromatic nitrogens is 3. The highest BCUT2D eigenvalue weighted by molar-refractivity contribution is 7.16. The molecule has 0 fully saturated rings. The van der Waals surface area contributed by atoms with Gasteiger partial charge in [0.2, 0.25) is 5.91 Å². The van der Waals surface area contributed by atoms with E-state index in [1.165, 1.54) is 11.3 Å². The molecule has 0 aliphatic carbocycles. The van der Waals surface area contributed by atoms with Crippen LogP contribution < -0.4 is 4.90 Å². The minimum Gasteiger partial charge on any atom is -0.461 e. The van der Waals surface area contributed by atoms with E-state index in [0.717, 1.165) is 21.7 Å². The lowest BCUT2D eigenvalue weighted by Gasteiger charge is -2.20. The molecule has 8 heteroatoms. The van der Waals surface area contributed by atoms with Crippen LogP contribution >= 0.6 is 11.3 Å². The number of esters is 1. The van der Waals surface area contributed by atoms with E-state index in [1.54, 1.807) is 18.0 Å². The quantitative estimate of drug-likeness (QED) is 0.293. The Morgan fingerprint density at radius 2 is 1.71 bits per heavy atom. The molecule has 4 rings (SSSR count). The second-order valence-corrected chi connectivity index (χ2v) is 9.21. The highest BCUT2D eigenvalue weighted by Gasteiger charge is 2.24. The normalized spacial score (nSPS) is 10.8. The first-order valence-corrected chi connectivity index (χ1v) is 12.4. The Balaban J connectivity index is 1.49. The maximum atomic E-state index is 13.4. The molecule has 4 aromatic rings. The molecule has 0 radical (unpaired) electrons. The number of para-hydroxylation sites is 1. The van der Waals surface area contributed by atoms with Crippen molar-refractivity contribution in [3.8, 4) is 5.69 Å². The Morgan fingerprint density at radius 1 is 1.00 bits per heavy atom. The molecule has 0 saturated heterocycles. The van der Waals surface area contributed by atoms with Gasteiger partial charge in [0.15, 0.2) is 10.8 Å². The minimum atomic E-state index is -0.462. The Bertz CT molecular complexity index is 1270. The number of carbonyl (C=O) groups excluding carboxylic acids is 2. The van der Waals surface area contributed by atoms with Crippen LogP contribution in [0.1, 0.15) is 39.8 Å². The fourth-order valence-electron chi connectivity index (χ4n) is 3.70. The Labute approximate surface area is 209 Å². The number of anilines is 1. The lowest BCUT2D eigenvalue weighted by molar-refractivity contribution is -0.118. The van der Waals surface area contributed by atoms with Gasteiger partial charge in [0.05, 0.1) is 18.5 Å². The predicted molar refractivity (Wildman–Crippen MR) is 137 cm³/mol. The summed E-state index contributed by atoms with van der Waals surface area (Å²) < 4.78 is 6.94. The van der Waals surface area contributed by atoms with Crippen LogP contribution in [0.3, 0.4) is 0 Å². The van der Waals surface area contributed by atoms with Gasteiger partial charge in [-0.2, -0.15) is 5.10 Å². The molecule has 1 amide bonds. The lowest BCUT2D eigenvalue weighted by atomic mass is 10.1. The Hall–Kier alpha value is -3.78. The average Bonchev–Trinajstić information content (AvgIpc) is 3.51. The summed E-state index contributed by atoms with van der Waals surface area (Å²) in [7, 11) is 0. The zero-order chi connectivity index (χ0) is 24.6. The molecule has 2 aromatic heterocycles. The molecular weight excluding hydrogens is 460 g/mol. The molecule has 180 valence electrons. The van der Waals surface area contributed by atoms with Crippen LogP contribution in [0.2, 0.25) is 0 Å². The van der Waals surface area contributed by atoms with Crippen molar-refractivity contribution >= 4 is 28.3 Å². The van der Waals surface area contributed by atoms with Crippen LogP contribution in [0.15, 0.2) is 73.1 Å². The third kappa shape index (κ3) is 6.22. The van der Waals surface area contributed by atoms with E-state index in [0.29, 0.717) is 30.9 Å². The van der Waals surface area contributed by atoms with Gasteiger partial charge in [-0.15, -0.1) is 11.3 Å². The zero-order valence-corrected chi connectivity index (χ0v) is 20.7. The summed E-state index contributed by atoms with van der Waals surface area (Å²) in [6, 6.07) is 19.9. The van der Waals surface area contributed by atoms with Crippen LogP contribution in [-0.2, 0) is 22.4 Å². The van der Waals surface area contributed by atoms with Crippen LogP contribution in [0, 0.1) is 6.92 Å². The number of hydrogen-bond donors (Lipinski definition) is 0. The van der Waals surface area contributed by atoms with Gasteiger partial charge < -0.3 is 4.74 Å². The van der Waals surface area contributed by atoms with E-state index >= 15 is 0 Å². The van der Waals surface area contributed by atoms with Crippen molar-refractivity contribution in [2.45, 2.75) is 33.1 Å². The topological polar surface area (TPSA) is 77.3 Å². The number of thiazole rings is 1. The molecule has 2 heterocycles. The number of aryl methyl sites for hydroxylation is 2. The van der Waals surface area contributed by atoms with Crippen molar-refractivity contribution in [1.29, 1.82) is 0 Å². The summed E-state index contributed by atoms with van der Waals surface area (Å²) in [5.41, 5.74) is 3.36. The predicted octanol–water partition coefficient (Wildman–Crippen LogP) is 5.02. The molecule has 0 unspecified atom stereocenters. The van der Waals surface area contributed by atoms with E-state index in [1.807, 2.05) is 78.5 Å². The van der Waals surface area contributed by atoms with Gasteiger partial charge >= 0.3 is 5.97 Å². The van der Waals surface area contributed by atoms with Crippen LogP contribution in [0.25, 0.3) is 5.69 Å². The SMILES string of the molecule is CCOC(=O)c1nc(N(CCc2ccccc2)C(=O)CCc2cnn(-c3ccccc3)c2)sc1C. The lowest BCUT2D eigenvalue weighted by Crippen LogP contribution is -2.33. The monoisotopic (exact) mass is 488 g/mol. The van der Waals surface area contributed by atoms with Crippen LogP contribution in [-0.4, -0.2) is 39.8 Å². The minimum absolute atomic E-state index is 0.0439. The molecule has 0 spiro atoms. The molecule has 0 N–H and O–H groups in total. The second-order valence-electron chi connectivity index (χ2n) is 8.03. The largest absolute Gasteiger partial charge is 0.461 e. The number of ether oxygens (including phenoxy) is 1. The van der Waals surface area contributed by atoms with Gasteiger partial charge in [-0.3, -0.25) is 9.69 Å². The van der Waals surface area contributed by atoms with Gasteiger partial charge in [-0.05, 0) is 49.9 Å². The van der Waals surface area contributed by atoms with E-state index in [9.17, 15) is 9.59 Å². The fraction of sp³-hybridized carbons (Fsp3) is 0.259. The van der Waals surface area contributed by atoms with Crippen molar-refractivity contribution in [2.24, 2.45) is 0 Å². The molecule has 0 aliphatic heterocycles. The maximum absolute atomic E-state index is 13.4. The van der Waals surface area contributed by atoms with Crippen molar-refractivity contribution in [1.82, 2.24) is 14.8 Å². The van der Waals surface area contributed by atoms with Gasteiger partial charge in [0.25, 0.3) is 0 Å². The zero-order valence-electron chi connectivity index (χ0n) is 19.9. The summed E-state index contributed by atoms with van der Waals surface area (Å²) in [5.74, 6) is -0.506. The number of amides is 1. The summed E-state index contributed by atoms with van der Waals surface area (Å²) in [6.45, 7) is 4.33. The standard InChI is InChI=1S/C27H28N4O3S/c1-3-34-26(33)25-20(2)35-27(29-25)30(17-16-21-10-6-4-7-11-21)24(32)15-14-22-18-28-31(19-22)23-12-8-5-9-13-23/h4-13,18-19H,3,14-17H2,1-2H3. The number of rotatable bonds is 10. The Kier molecular flexibility index (Phi) is 8.05. The van der Waals surface area contributed by atoms with Crippen molar-refractivity contribution < 1.29 is 14.3 Å². The van der Waals surface area contributed by atoms with E-state index in [4.69, 9.17) is 4.74 Å². The average molecular weight is 489 g/mol. The first-order chi connectivity index (χ1) is 17.0. The molecule has 35 heavy (non-hydrogen) atoms. The summed E-state index contributed by atoms with van der Waals surface area (Å²) in [4.78, 5) is 32.6. The highest BCUT2D eigenvalue weighted by atomic mass is 32.1. The van der Waals surface area contributed by atoms with Gasteiger partial charge in [-0.25, -0.2) is 14.5 Å². The third-order valence-corrected chi connectivity index (χ3v) is 6.53. The molecule has 0 saturated carbocycles. The summed E-state index contributed by atoms with van der Waals surface area (Å²) >= 11 is 1.34. The van der Waals surface area contributed by atoms with Crippen molar-refractivity contribution in [3.63, 3.8) is 0 Å². The van der Waals surface area contributed by atoms with Gasteiger partial charge in [0, 0.05) is 24.0 Å². The number of hydrogen-bond acceptors (Lipinski definition) is 6. The number of carbonyl (C=O) groups is 2. The molecular formula is C27H28N4O3S. The van der Waals surface area contributed by atoms with Crippen LogP contribution in [0.4, 0.5) is 5.13 Å². The van der Waals surface area contributed by atoms with Crippen molar-refractivity contribution in [2.75, 3.05) is 18.1 Å². The third-order valence-electron chi connectivity index (χ3n) is 5.54. The first kappa shape index (κ1) is 24.3. The Morgan fingerprint density at radius 3 is 2.43 bits per heavy atom. The van der Waals surface area contributed by atoms with Gasteiger partial charge in [-0.1, -0.05) is 48.5 Å².